The predicted octanol–water partition coefficient (Wildman–Crippen LogP) is -0.0232. The van der Waals surface area contributed by atoms with Crippen LogP contribution in [0, 0.1) is 0 Å². The Morgan fingerprint density at radius 1 is 1.43 bits per heavy atom. The van der Waals surface area contributed by atoms with Gasteiger partial charge in [0.05, 0.1) is 24.5 Å². The second-order valence-electron chi connectivity index (χ2n) is 3.34. The van der Waals surface area contributed by atoms with Gasteiger partial charge in [0.1, 0.15) is 0 Å². The molecule has 76 valence electrons. The molecule has 0 aliphatic carbocycles. The maximum absolute atomic E-state index is 11.7. The molecule has 0 fully saturated rings. The summed E-state index contributed by atoms with van der Waals surface area (Å²) in [5.41, 5.74) is 0.689. The predicted molar refractivity (Wildman–Crippen MR) is 50.1 cm³/mol. The van der Waals surface area contributed by atoms with Gasteiger partial charge in [-0.05, 0) is 6.42 Å². The van der Waals surface area contributed by atoms with Crippen LogP contribution in [-0.2, 0) is 24.5 Å². The minimum atomic E-state index is -0.332. The highest BCUT2D eigenvalue weighted by Gasteiger charge is 2.18. The van der Waals surface area contributed by atoms with E-state index in [1.54, 1.807) is 0 Å². The SMILES string of the molecule is CCCn1c(=O)[nH]c2c(c1=O)COC2. The largest absolute Gasteiger partial charge is 0.370 e. The fourth-order valence-electron chi connectivity index (χ4n) is 1.61. The van der Waals surface area contributed by atoms with Crippen LogP contribution in [-0.4, -0.2) is 9.55 Å². The minimum Gasteiger partial charge on any atom is -0.370 e. The lowest BCUT2D eigenvalue weighted by molar-refractivity contribution is 0.132. The van der Waals surface area contributed by atoms with Crippen molar-refractivity contribution in [3.8, 4) is 0 Å². The number of rotatable bonds is 2. The first-order valence-corrected chi connectivity index (χ1v) is 4.66. The maximum atomic E-state index is 11.7. The highest BCUT2D eigenvalue weighted by atomic mass is 16.5. The standard InChI is InChI=1S/C9H12N2O3/c1-2-3-11-8(12)6-4-14-5-7(6)10-9(11)13/h2-5H2,1H3,(H,10,13). The van der Waals surface area contributed by atoms with Gasteiger partial charge in [0.15, 0.2) is 0 Å². The van der Waals surface area contributed by atoms with Crippen molar-refractivity contribution in [2.24, 2.45) is 0 Å². The van der Waals surface area contributed by atoms with Crippen molar-refractivity contribution in [2.45, 2.75) is 33.1 Å². The molecule has 14 heavy (non-hydrogen) atoms. The van der Waals surface area contributed by atoms with Crippen LogP contribution in [0.1, 0.15) is 24.6 Å². The van der Waals surface area contributed by atoms with E-state index >= 15 is 0 Å². The average molecular weight is 196 g/mol. The van der Waals surface area contributed by atoms with Gasteiger partial charge in [0.2, 0.25) is 0 Å². The van der Waals surface area contributed by atoms with Gasteiger partial charge in [-0.2, -0.15) is 0 Å². The molecule has 0 bridgehead atoms. The van der Waals surface area contributed by atoms with E-state index in [2.05, 4.69) is 4.98 Å². The topological polar surface area (TPSA) is 64.1 Å². The van der Waals surface area contributed by atoms with Crippen molar-refractivity contribution < 1.29 is 4.74 Å². The van der Waals surface area contributed by atoms with Crippen molar-refractivity contribution in [1.29, 1.82) is 0 Å². The molecular formula is C9H12N2O3. The number of fused-ring (bicyclic) bond motifs is 1. The molecule has 0 radical (unpaired) electrons. The van der Waals surface area contributed by atoms with Crippen molar-refractivity contribution in [3.63, 3.8) is 0 Å². The number of aromatic amines is 1. The van der Waals surface area contributed by atoms with Crippen LogP contribution >= 0.6 is 0 Å². The number of H-pyrrole nitrogens is 1. The molecule has 2 rings (SSSR count). The molecule has 0 aromatic carbocycles. The van der Waals surface area contributed by atoms with Crippen LogP contribution in [0.25, 0.3) is 0 Å². The smallest absolute Gasteiger partial charge is 0.328 e. The van der Waals surface area contributed by atoms with Crippen LogP contribution in [0.2, 0.25) is 0 Å². The molecule has 5 nitrogen and oxygen atoms in total. The Bertz CT molecular complexity index is 458. The Morgan fingerprint density at radius 2 is 2.21 bits per heavy atom. The molecule has 2 heterocycles. The molecule has 5 heteroatoms. The van der Waals surface area contributed by atoms with E-state index in [1.165, 1.54) is 4.57 Å². The Morgan fingerprint density at radius 3 is 2.93 bits per heavy atom. The first-order valence-electron chi connectivity index (χ1n) is 4.66. The van der Waals surface area contributed by atoms with Crippen molar-refractivity contribution in [1.82, 2.24) is 9.55 Å². The summed E-state index contributed by atoms with van der Waals surface area (Å²) in [6, 6.07) is 0. The van der Waals surface area contributed by atoms with Crippen LogP contribution < -0.4 is 11.2 Å². The van der Waals surface area contributed by atoms with Gasteiger partial charge in [-0.1, -0.05) is 6.92 Å². The van der Waals surface area contributed by atoms with Crippen molar-refractivity contribution in [2.75, 3.05) is 0 Å². The molecule has 1 aliphatic heterocycles. The quantitative estimate of drug-likeness (QED) is 0.722. The van der Waals surface area contributed by atoms with E-state index in [0.29, 0.717) is 31.0 Å². The van der Waals surface area contributed by atoms with Crippen LogP contribution in [0.3, 0.4) is 0 Å². The van der Waals surface area contributed by atoms with Gasteiger partial charge in [0.25, 0.3) is 5.56 Å². The molecular weight excluding hydrogens is 184 g/mol. The lowest BCUT2D eigenvalue weighted by atomic mass is 10.3. The van der Waals surface area contributed by atoms with Crippen LogP contribution in [0.15, 0.2) is 9.59 Å². The first-order chi connectivity index (χ1) is 6.74. The summed E-state index contributed by atoms with van der Waals surface area (Å²) in [6.45, 7) is 3.04. The van der Waals surface area contributed by atoms with E-state index in [4.69, 9.17) is 4.74 Å². The van der Waals surface area contributed by atoms with Crippen LogP contribution in [0.5, 0.6) is 0 Å². The molecule has 0 saturated heterocycles. The summed E-state index contributed by atoms with van der Waals surface area (Å²) in [4.78, 5) is 25.8. The van der Waals surface area contributed by atoms with Gasteiger partial charge < -0.3 is 9.72 Å². The highest BCUT2D eigenvalue weighted by Crippen LogP contribution is 2.10. The van der Waals surface area contributed by atoms with E-state index < -0.39 is 0 Å². The fraction of sp³-hybridized carbons (Fsp3) is 0.556. The average Bonchev–Trinajstić information content (AvgIpc) is 2.60. The summed E-state index contributed by atoms with van der Waals surface area (Å²) in [7, 11) is 0. The second-order valence-corrected chi connectivity index (χ2v) is 3.34. The van der Waals surface area contributed by atoms with Gasteiger partial charge in [-0.15, -0.1) is 0 Å². The molecule has 1 aromatic rings. The number of hydrogen-bond acceptors (Lipinski definition) is 3. The van der Waals surface area contributed by atoms with E-state index in [0.717, 1.165) is 6.42 Å². The molecule has 0 spiro atoms. The lowest BCUT2D eigenvalue weighted by Crippen LogP contribution is -2.37. The van der Waals surface area contributed by atoms with E-state index in [-0.39, 0.29) is 11.2 Å². The zero-order valence-corrected chi connectivity index (χ0v) is 8.00. The zero-order chi connectivity index (χ0) is 10.1. The van der Waals surface area contributed by atoms with Gasteiger partial charge >= 0.3 is 5.69 Å². The molecule has 1 N–H and O–H groups in total. The summed E-state index contributed by atoms with van der Waals surface area (Å²) in [6.07, 6.45) is 0.766. The normalized spacial score (nSPS) is 14.4. The Hall–Kier alpha value is -1.36. The molecule has 0 unspecified atom stereocenters. The van der Waals surface area contributed by atoms with Crippen molar-refractivity contribution >= 4 is 0 Å². The van der Waals surface area contributed by atoms with Gasteiger partial charge in [-0.25, -0.2) is 4.79 Å². The molecule has 1 aliphatic rings. The first kappa shape index (κ1) is 9.21. The fourth-order valence-corrected chi connectivity index (χ4v) is 1.61. The Balaban J connectivity index is 2.63. The molecule has 1 aromatic heterocycles. The third kappa shape index (κ3) is 1.29. The highest BCUT2D eigenvalue weighted by molar-refractivity contribution is 5.18. The zero-order valence-electron chi connectivity index (χ0n) is 8.00. The number of hydrogen-bond donors (Lipinski definition) is 1. The summed E-state index contributed by atoms with van der Waals surface area (Å²) >= 11 is 0. The molecule has 0 atom stereocenters. The number of aromatic nitrogens is 2. The number of ether oxygens (including phenoxy) is 1. The number of nitrogens with one attached hydrogen (secondary N) is 1. The second kappa shape index (κ2) is 3.42. The van der Waals surface area contributed by atoms with Crippen LogP contribution in [0.4, 0.5) is 0 Å². The maximum Gasteiger partial charge on any atom is 0.328 e. The Kier molecular flexibility index (Phi) is 2.25. The number of nitrogens with zero attached hydrogens (tertiary/aromatic N) is 1. The summed E-state index contributed by atoms with van der Waals surface area (Å²) in [5.74, 6) is 0. The third-order valence-corrected chi connectivity index (χ3v) is 2.31. The lowest BCUT2D eigenvalue weighted by Gasteiger charge is -2.03. The van der Waals surface area contributed by atoms with E-state index in [9.17, 15) is 9.59 Å². The minimum absolute atomic E-state index is 0.205. The monoisotopic (exact) mass is 196 g/mol. The van der Waals surface area contributed by atoms with Gasteiger partial charge in [-0.3, -0.25) is 9.36 Å². The van der Waals surface area contributed by atoms with Gasteiger partial charge in [0, 0.05) is 6.54 Å². The van der Waals surface area contributed by atoms with Crippen molar-refractivity contribution in [3.05, 3.63) is 32.1 Å². The molecule has 0 amide bonds. The Labute approximate surface area is 80.3 Å². The van der Waals surface area contributed by atoms with E-state index in [1.807, 2.05) is 6.92 Å². The molecule has 0 saturated carbocycles. The summed E-state index contributed by atoms with van der Waals surface area (Å²) in [5, 5.41) is 0. The third-order valence-electron chi connectivity index (χ3n) is 2.31. The summed E-state index contributed by atoms with van der Waals surface area (Å²) < 4.78 is 6.33.